The molecule has 0 spiro atoms. The maximum absolute atomic E-state index is 12.1. The summed E-state index contributed by atoms with van der Waals surface area (Å²) in [7, 11) is 0. The Bertz CT molecular complexity index is 1080. The fourth-order valence-electron chi connectivity index (χ4n) is 3.85. The average molecular weight is 480 g/mol. The van der Waals surface area contributed by atoms with E-state index in [0.29, 0.717) is 18.4 Å². The van der Waals surface area contributed by atoms with Crippen molar-refractivity contribution in [2.75, 3.05) is 54.9 Å². The predicted molar refractivity (Wildman–Crippen MR) is 134 cm³/mol. The van der Waals surface area contributed by atoms with Crippen LogP contribution in [0.4, 0.5) is 23.3 Å². The molecule has 1 aliphatic carbocycles. The van der Waals surface area contributed by atoms with Crippen molar-refractivity contribution in [3.63, 3.8) is 0 Å². The van der Waals surface area contributed by atoms with Gasteiger partial charge in [-0.05, 0) is 48.8 Å². The molecule has 3 aromatic rings. The summed E-state index contributed by atoms with van der Waals surface area (Å²) in [5, 5.41) is 11.6. The average Bonchev–Trinajstić information content (AvgIpc) is 3.57. The van der Waals surface area contributed by atoms with Crippen LogP contribution in [-0.4, -0.2) is 60.3 Å². The lowest BCUT2D eigenvalue weighted by molar-refractivity contribution is 0.0957. The molecule has 1 amide bonds. The third-order valence-corrected chi connectivity index (χ3v) is 6.72. The number of pyridine rings is 1. The standard InChI is InChI=1S/C24H29N7O2S/c32-23(20-3-1-14-34-20)26-9-2-8-25-22-19(17-4-5-17)16-28-24(30-22)29-18-6-7-21(27-15-18)31-10-12-33-13-11-31/h1,3,6-7,14-17H,2,4-5,8-13H2,(H,26,32)(H2,25,28,29,30). The Hall–Kier alpha value is -3.24. The molecule has 0 atom stereocenters. The second kappa shape index (κ2) is 10.8. The van der Waals surface area contributed by atoms with E-state index in [-0.39, 0.29) is 5.91 Å². The van der Waals surface area contributed by atoms with E-state index in [2.05, 4.69) is 30.8 Å². The second-order valence-corrected chi connectivity index (χ2v) is 9.36. The third-order valence-electron chi connectivity index (χ3n) is 5.85. The highest BCUT2D eigenvalue weighted by atomic mass is 32.1. The summed E-state index contributed by atoms with van der Waals surface area (Å²) in [6.45, 7) is 4.52. The van der Waals surface area contributed by atoms with Gasteiger partial charge in [-0.2, -0.15) is 4.98 Å². The van der Waals surface area contributed by atoms with Gasteiger partial charge in [0.15, 0.2) is 0 Å². The van der Waals surface area contributed by atoms with Gasteiger partial charge in [0, 0.05) is 37.9 Å². The first-order valence-corrected chi connectivity index (χ1v) is 12.6. The number of hydrogen-bond donors (Lipinski definition) is 3. The molecule has 0 aromatic carbocycles. The number of nitrogens with one attached hydrogen (secondary N) is 3. The first-order valence-electron chi connectivity index (χ1n) is 11.7. The molecule has 0 unspecified atom stereocenters. The Morgan fingerprint density at radius 3 is 2.74 bits per heavy atom. The normalized spacial score (nSPS) is 15.7. The fourth-order valence-corrected chi connectivity index (χ4v) is 4.49. The number of amides is 1. The molecular weight excluding hydrogens is 450 g/mol. The first-order chi connectivity index (χ1) is 16.8. The number of morpholine rings is 1. The molecule has 4 heterocycles. The first kappa shape index (κ1) is 22.5. The van der Waals surface area contributed by atoms with Gasteiger partial charge in [-0.15, -0.1) is 11.3 Å². The van der Waals surface area contributed by atoms with Crippen molar-refractivity contribution in [2.24, 2.45) is 0 Å². The molecule has 2 aliphatic rings. The highest BCUT2D eigenvalue weighted by molar-refractivity contribution is 7.12. The van der Waals surface area contributed by atoms with Gasteiger partial charge in [0.1, 0.15) is 11.6 Å². The highest BCUT2D eigenvalue weighted by Crippen LogP contribution is 2.42. The zero-order valence-corrected chi connectivity index (χ0v) is 19.8. The van der Waals surface area contributed by atoms with E-state index in [1.807, 2.05) is 42.0 Å². The zero-order valence-electron chi connectivity index (χ0n) is 19.0. The molecular formula is C24H29N7O2S. The van der Waals surface area contributed by atoms with E-state index in [0.717, 1.165) is 67.0 Å². The lowest BCUT2D eigenvalue weighted by Crippen LogP contribution is -2.36. The topological polar surface area (TPSA) is 104 Å². The van der Waals surface area contributed by atoms with Crippen LogP contribution in [0, 0.1) is 0 Å². The van der Waals surface area contributed by atoms with Gasteiger partial charge in [0.05, 0.1) is 30.0 Å². The van der Waals surface area contributed by atoms with Gasteiger partial charge < -0.3 is 25.6 Å². The number of ether oxygens (including phenoxy) is 1. The molecule has 0 radical (unpaired) electrons. The van der Waals surface area contributed by atoms with Crippen molar-refractivity contribution in [3.05, 3.63) is 52.5 Å². The minimum atomic E-state index is -0.0181. The van der Waals surface area contributed by atoms with E-state index in [9.17, 15) is 4.79 Å². The van der Waals surface area contributed by atoms with Gasteiger partial charge in [0.2, 0.25) is 5.95 Å². The van der Waals surface area contributed by atoms with Gasteiger partial charge >= 0.3 is 0 Å². The summed E-state index contributed by atoms with van der Waals surface area (Å²) < 4.78 is 5.41. The molecule has 178 valence electrons. The summed E-state index contributed by atoms with van der Waals surface area (Å²) in [6, 6.07) is 7.73. The number of rotatable bonds is 10. The van der Waals surface area contributed by atoms with E-state index >= 15 is 0 Å². The molecule has 9 nitrogen and oxygen atoms in total. The summed E-state index contributed by atoms with van der Waals surface area (Å²) in [5.41, 5.74) is 2.01. The van der Waals surface area contributed by atoms with E-state index < -0.39 is 0 Å². The number of carbonyl (C=O) groups excluding carboxylic acids is 1. The molecule has 1 aliphatic heterocycles. The molecule has 2 fully saturated rings. The van der Waals surface area contributed by atoms with Crippen LogP contribution in [0.25, 0.3) is 0 Å². The summed E-state index contributed by atoms with van der Waals surface area (Å²) >= 11 is 1.45. The van der Waals surface area contributed by atoms with Crippen LogP contribution in [0.1, 0.15) is 40.4 Å². The number of carbonyl (C=O) groups is 1. The molecule has 34 heavy (non-hydrogen) atoms. The van der Waals surface area contributed by atoms with Gasteiger partial charge in [-0.3, -0.25) is 4.79 Å². The van der Waals surface area contributed by atoms with Crippen LogP contribution < -0.4 is 20.9 Å². The summed E-state index contributed by atoms with van der Waals surface area (Å²) in [5.74, 6) is 2.87. The monoisotopic (exact) mass is 479 g/mol. The molecule has 0 bridgehead atoms. The molecule has 1 saturated heterocycles. The van der Waals surface area contributed by atoms with E-state index in [4.69, 9.17) is 9.72 Å². The van der Waals surface area contributed by atoms with Crippen LogP contribution >= 0.6 is 11.3 Å². The largest absolute Gasteiger partial charge is 0.378 e. The number of nitrogens with zero attached hydrogens (tertiary/aromatic N) is 4. The minimum absolute atomic E-state index is 0.0181. The van der Waals surface area contributed by atoms with Crippen LogP contribution in [0.15, 0.2) is 42.0 Å². The second-order valence-electron chi connectivity index (χ2n) is 8.41. The van der Waals surface area contributed by atoms with Crippen LogP contribution in [0.2, 0.25) is 0 Å². The van der Waals surface area contributed by atoms with Crippen LogP contribution in [0.5, 0.6) is 0 Å². The predicted octanol–water partition coefficient (Wildman–Crippen LogP) is 3.62. The van der Waals surface area contributed by atoms with Crippen molar-refractivity contribution in [1.82, 2.24) is 20.3 Å². The molecule has 3 aromatic heterocycles. The smallest absolute Gasteiger partial charge is 0.261 e. The maximum Gasteiger partial charge on any atom is 0.261 e. The molecule has 1 saturated carbocycles. The number of anilines is 4. The fraction of sp³-hybridized carbons (Fsp3) is 0.417. The van der Waals surface area contributed by atoms with Crippen molar-refractivity contribution >= 4 is 40.5 Å². The Kier molecular flexibility index (Phi) is 7.16. The van der Waals surface area contributed by atoms with Gasteiger partial charge in [0.25, 0.3) is 5.91 Å². The Morgan fingerprint density at radius 1 is 1.12 bits per heavy atom. The molecule has 5 rings (SSSR count). The zero-order chi connectivity index (χ0) is 23.2. The Labute approximate surface area is 203 Å². The summed E-state index contributed by atoms with van der Waals surface area (Å²) in [6.07, 6.45) is 6.89. The van der Waals surface area contributed by atoms with Crippen molar-refractivity contribution in [3.8, 4) is 0 Å². The maximum atomic E-state index is 12.1. The van der Waals surface area contributed by atoms with E-state index in [1.54, 1.807) is 0 Å². The number of thiophene rings is 1. The Morgan fingerprint density at radius 2 is 2.00 bits per heavy atom. The molecule has 3 N–H and O–H groups in total. The van der Waals surface area contributed by atoms with E-state index in [1.165, 1.54) is 24.2 Å². The minimum Gasteiger partial charge on any atom is -0.378 e. The van der Waals surface area contributed by atoms with Crippen LogP contribution in [-0.2, 0) is 4.74 Å². The van der Waals surface area contributed by atoms with Gasteiger partial charge in [-0.25, -0.2) is 9.97 Å². The lowest BCUT2D eigenvalue weighted by Gasteiger charge is -2.27. The van der Waals surface area contributed by atoms with Crippen molar-refractivity contribution in [1.29, 1.82) is 0 Å². The SMILES string of the molecule is O=C(NCCCNc1nc(Nc2ccc(N3CCOCC3)nc2)ncc1C1CC1)c1cccs1. The van der Waals surface area contributed by atoms with Crippen molar-refractivity contribution in [2.45, 2.75) is 25.2 Å². The number of hydrogen-bond acceptors (Lipinski definition) is 9. The van der Waals surface area contributed by atoms with Crippen LogP contribution in [0.3, 0.4) is 0 Å². The Balaban J connectivity index is 1.16. The summed E-state index contributed by atoms with van der Waals surface area (Å²) in [4.78, 5) is 28.9. The lowest BCUT2D eigenvalue weighted by atomic mass is 10.2. The molecule has 10 heteroatoms. The highest BCUT2D eigenvalue weighted by Gasteiger charge is 2.27. The third kappa shape index (κ3) is 5.81. The van der Waals surface area contributed by atoms with Crippen molar-refractivity contribution < 1.29 is 9.53 Å². The quantitative estimate of drug-likeness (QED) is 0.379. The number of aromatic nitrogens is 3. The van der Waals surface area contributed by atoms with Gasteiger partial charge in [-0.1, -0.05) is 6.07 Å².